The van der Waals surface area contributed by atoms with E-state index in [0.29, 0.717) is 11.4 Å². The predicted octanol–water partition coefficient (Wildman–Crippen LogP) is 3.66. The molecule has 1 aromatic carbocycles. The summed E-state index contributed by atoms with van der Waals surface area (Å²) >= 11 is 0. The van der Waals surface area contributed by atoms with Crippen LogP contribution in [0.15, 0.2) is 12.1 Å². The minimum atomic E-state index is -1.98. The third kappa shape index (κ3) is 3.29. The average molecular weight is 281 g/mol. The molecule has 0 unspecified atom stereocenters. The van der Waals surface area contributed by atoms with Gasteiger partial charge < -0.3 is 15.3 Å². The standard InChI is InChI=1S/C14H23NO3Si/c1-9-7-10(13(16)17)8-11(15)12(9)18-19(5,6)14(2,3)4/h7-8H,15H2,1-6H3,(H,16,17). The van der Waals surface area contributed by atoms with Crippen LogP contribution in [0.5, 0.6) is 5.75 Å². The van der Waals surface area contributed by atoms with Crippen LogP contribution in [0.4, 0.5) is 5.69 Å². The monoisotopic (exact) mass is 281 g/mol. The number of hydrogen-bond donors (Lipinski definition) is 2. The molecule has 0 aliphatic heterocycles. The number of anilines is 1. The van der Waals surface area contributed by atoms with E-state index >= 15 is 0 Å². The quantitative estimate of drug-likeness (QED) is 0.655. The number of nitrogens with two attached hydrogens (primary N) is 1. The fourth-order valence-corrected chi connectivity index (χ4v) is 2.57. The Kier molecular flexibility index (Phi) is 4.00. The van der Waals surface area contributed by atoms with Crippen molar-refractivity contribution in [1.82, 2.24) is 0 Å². The number of carboxylic acid groups (broad SMARTS) is 1. The van der Waals surface area contributed by atoms with Gasteiger partial charge >= 0.3 is 5.97 Å². The highest BCUT2D eigenvalue weighted by atomic mass is 28.4. The van der Waals surface area contributed by atoms with E-state index in [9.17, 15) is 4.79 Å². The van der Waals surface area contributed by atoms with Gasteiger partial charge in [-0.1, -0.05) is 20.8 Å². The summed E-state index contributed by atoms with van der Waals surface area (Å²) < 4.78 is 6.18. The first kappa shape index (κ1) is 15.6. The first-order valence-electron chi connectivity index (χ1n) is 6.28. The van der Waals surface area contributed by atoms with Gasteiger partial charge in [0.25, 0.3) is 8.32 Å². The van der Waals surface area contributed by atoms with Gasteiger partial charge in [0.2, 0.25) is 0 Å². The van der Waals surface area contributed by atoms with Gasteiger partial charge in [-0.2, -0.15) is 0 Å². The van der Waals surface area contributed by atoms with Gasteiger partial charge in [-0.25, -0.2) is 4.79 Å². The molecule has 0 spiro atoms. The molecule has 0 aliphatic rings. The van der Waals surface area contributed by atoms with Crippen molar-refractivity contribution in [2.45, 2.75) is 45.8 Å². The lowest BCUT2D eigenvalue weighted by Gasteiger charge is -2.37. The first-order chi connectivity index (χ1) is 8.45. The zero-order valence-electron chi connectivity index (χ0n) is 12.5. The van der Waals surface area contributed by atoms with Gasteiger partial charge in [-0.15, -0.1) is 0 Å². The van der Waals surface area contributed by atoms with Gasteiger partial charge in [0.1, 0.15) is 5.75 Å². The van der Waals surface area contributed by atoms with Crippen molar-refractivity contribution in [3.8, 4) is 5.75 Å². The van der Waals surface area contributed by atoms with E-state index in [-0.39, 0.29) is 10.6 Å². The molecule has 0 saturated carbocycles. The molecule has 106 valence electrons. The molecule has 0 amide bonds. The fourth-order valence-electron chi connectivity index (χ4n) is 1.47. The molecular formula is C14H23NO3Si. The summed E-state index contributed by atoms with van der Waals surface area (Å²) in [5.74, 6) is -0.356. The van der Waals surface area contributed by atoms with Crippen molar-refractivity contribution in [3.63, 3.8) is 0 Å². The van der Waals surface area contributed by atoms with Crippen LogP contribution in [-0.4, -0.2) is 19.4 Å². The van der Waals surface area contributed by atoms with Crippen LogP contribution in [0.3, 0.4) is 0 Å². The van der Waals surface area contributed by atoms with Gasteiger partial charge in [0, 0.05) is 0 Å². The summed E-state index contributed by atoms with van der Waals surface area (Å²) in [6.45, 7) is 12.5. The molecule has 0 aromatic heterocycles. The molecule has 1 rings (SSSR count). The SMILES string of the molecule is Cc1cc(C(=O)O)cc(N)c1O[Si](C)(C)C(C)(C)C. The van der Waals surface area contributed by atoms with Crippen LogP contribution in [0.25, 0.3) is 0 Å². The topological polar surface area (TPSA) is 72.5 Å². The van der Waals surface area contributed by atoms with E-state index in [1.54, 1.807) is 6.07 Å². The highest BCUT2D eigenvalue weighted by molar-refractivity contribution is 6.74. The minimum Gasteiger partial charge on any atom is -0.542 e. The summed E-state index contributed by atoms with van der Waals surface area (Å²) in [5.41, 5.74) is 7.29. The minimum absolute atomic E-state index is 0.0668. The normalized spacial score (nSPS) is 12.3. The maximum Gasteiger partial charge on any atom is 0.335 e. The Morgan fingerprint density at radius 1 is 1.32 bits per heavy atom. The average Bonchev–Trinajstić information content (AvgIpc) is 2.21. The van der Waals surface area contributed by atoms with Crippen LogP contribution in [0.2, 0.25) is 18.1 Å². The van der Waals surface area contributed by atoms with E-state index in [1.165, 1.54) is 6.07 Å². The number of rotatable bonds is 3. The first-order valence-corrected chi connectivity index (χ1v) is 9.19. The molecule has 0 aliphatic carbocycles. The maximum absolute atomic E-state index is 11.0. The van der Waals surface area contributed by atoms with Crippen LogP contribution >= 0.6 is 0 Å². The molecule has 0 heterocycles. The molecule has 0 atom stereocenters. The number of carbonyl (C=O) groups is 1. The smallest absolute Gasteiger partial charge is 0.335 e. The molecule has 4 nitrogen and oxygen atoms in total. The molecule has 0 radical (unpaired) electrons. The van der Waals surface area contributed by atoms with Crippen LogP contribution in [0.1, 0.15) is 36.7 Å². The summed E-state index contributed by atoms with van der Waals surface area (Å²) in [7, 11) is -1.98. The van der Waals surface area contributed by atoms with Crippen molar-refractivity contribution in [3.05, 3.63) is 23.3 Å². The van der Waals surface area contributed by atoms with Crippen molar-refractivity contribution in [2.24, 2.45) is 0 Å². The Bertz CT molecular complexity index is 481. The van der Waals surface area contributed by atoms with E-state index in [2.05, 4.69) is 33.9 Å². The molecular weight excluding hydrogens is 258 g/mol. The molecule has 0 fully saturated rings. The number of aromatic carboxylic acids is 1. The molecule has 1 aromatic rings. The predicted molar refractivity (Wildman–Crippen MR) is 80.4 cm³/mol. The Labute approximate surface area is 115 Å². The summed E-state index contributed by atoms with van der Waals surface area (Å²) in [6, 6.07) is 3.05. The lowest BCUT2D eigenvalue weighted by molar-refractivity contribution is 0.0697. The maximum atomic E-state index is 11.0. The highest BCUT2D eigenvalue weighted by Crippen LogP contribution is 2.40. The number of benzene rings is 1. The molecule has 0 bridgehead atoms. The van der Waals surface area contributed by atoms with E-state index in [4.69, 9.17) is 15.3 Å². The molecule has 19 heavy (non-hydrogen) atoms. The largest absolute Gasteiger partial charge is 0.542 e. The Hall–Kier alpha value is -1.49. The second kappa shape index (κ2) is 4.88. The Morgan fingerprint density at radius 3 is 2.21 bits per heavy atom. The van der Waals surface area contributed by atoms with Gasteiger partial charge in [-0.3, -0.25) is 0 Å². The van der Waals surface area contributed by atoms with Crippen LogP contribution in [0, 0.1) is 6.92 Å². The third-order valence-electron chi connectivity index (χ3n) is 3.71. The number of nitrogen functional groups attached to an aromatic ring is 1. The number of aryl methyl sites for hydroxylation is 1. The fraction of sp³-hybridized carbons (Fsp3) is 0.500. The summed E-state index contributed by atoms with van der Waals surface area (Å²) in [6.07, 6.45) is 0. The zero-order valence-corrected chi connectivity index (χ0v) is 13.5. The van der Waals surface area contributed by atoms with Crippen molar-refractivity contribution in [1.29, 1.82) is 0 Å². The zero-order chi connectivity index (χ0) is 15.0. The molecule has 5 heteroatoms. The van der Waals surface area contributed by atoms with Gasteiger partial charge in [0.15, 0.2) is 0 Å². The van der Waals surface area contributed by atoms with Crippen LogP contribution in [-0.2, 0) is 0 Å². The highest BCUT2D eigenvalue weighted by Gasteiger charge is 2.39. The lowest BCUT2D eigenvalue weighted by Crippen LogP contribution is -2.44. The van der Waals surface area contributed by atoms with Crippen molar-refractivity contribution < 1.29 is 14.3 Å². The van der Waals surface area contributed by atoms with Crippen LogP contribution < -0.4 is 10.2 Å². The molecule has 0 saturated heterocycles. The molecule has 3 N–H and O–H groups in total. The Balaban J connectivity index is 3.20. The van der Waals surface area contributed by atoms with Gasteiger partial charge in [0.05, 0.1) is 11.3 Å². The second-order valence-corrected chi connectivity index (χ2v) is 11.1. The van der Waals surface area contributed by atoms with Crippen molar-refractivity contribution >= 4 is 20.0 Å². The third-order valence-corrected chi connectivity index (χ3v) is 8.04. The lowest BCUT2D eigenvalue weighted by atomic mass is 10.1. The van der Waals surface area contributed by atoms with E-state index in [1.807, 2.05) is 6.92 Å². The summed E-state index contributed by atoms with van der Waals surface area (Å²) in [4.78, 5) is 11.0. The van der Waals surface area contributed by atoms with Gasteiger partial charge in [-0.05, 0) is 42.8 Å². The van der Waals surface area contributed by atoms with E-state index < -0.39 is 14.3 Å². The number of hydrogen-bond acceptors (Lipinski definition) is 3. The number of carboxylic acids is 1. The second-order valence-electron chi connectivity index (χ2n) is 6.38. The van der Waals surface area contributed by atoms with E-state index in [0.717, 1.165) is 5.56 Å². The summed E-state index contributed by atoms with van der Waals surface area (Å²) in [5, 5.41) is 9.07. The van der Waals surface area contributed by atoms with Crippen molar-refractivity contribution in [2.75, 3.05) is 5.73 Å². The Morgan fingerprint density at radius 2 is 1.84 bits per heavy atom.